The first-order valence-corrected chi connectivity index (χ1v) is 7.71. The van der Waals surface area contributed by atoms with Gasteiger partial charge in [0.05, 0.1) is 18.7 Å². The molecule has 1 saturated heterocycles. The van der Waals surface area contributed by atoms with Gasteiger partial charge >= 0.3 is 0 Å². The Morgan fingerprint density at radius 2 is 2.22 bits per heavy atom. The molecule has 122 valence electrons. The van der Waals surface area contributed by atoms with E-state index in [1.807, 2.05) is 6.07 Å². The first-order chi connectivity index (χ1) is 11.2. The van der Waals surface area contributed by atoms with E-state index in [1.165, 1.54) is 6.07 Å². The Bertz CT molecular complexity index is 638. The highest BCUT2D eigenvalue weighted by Gasteiger charge is 2.20. The Balaban J connectivity index is 1.53. The lowest BCUT2D eigenvalue weighted by Crippen LogP contribution is -2.30. The van der Waals surface area contributed by atoms with Gasteiger partial charge in [-0.25, -0.2) is 4.39 Å². The average Bonchev–Trinajstić information content (AvgIpc) is 3.25. The minimum atomic E-state index is -1.38. The molecule has 6 heteroatoms. The second-order valence-corrected chi connectivity index (χ2v) is 5.70. The van der Waals surface area contributed by atoms with E-state index in [0.717, 1.165) is 13.0 Å². The van der Waals surface area contributed by atoms with Crippen LogP contribution in [0.1, 0.15) is 29.6 Å². The summed E-state index contributed by atoms with van der Waals surface area (Å²) in [6, 6.07) is 10.2. The van der Waals surface area contributed by atoms with Crippen molar-refractivity contribution in [1.82, 2.24) is 10.5 Å². The van der Waals surface area contributed by atoms with Crippen LogP contribution in [0.15, 0.2) is 40.9 Å². The van der Waals surface area contributed by atoms with Crippen molar-refractivity contribution < 1.29 is 18.4 Å². The number of hydrogen-bond acceptors (Lipinski definition) is 4. The molecule has 1 amide bonds. The SMILES string of the molecule is O=C(Cc1cc(C(F)c2ccccc2)on1)NCC1CCOC1. The molecule has 3 rings (SSSR count). The Morgan fingerprint density at radius 1 is 1.39 bits per heavy atom. The molecular weight excluding hydrogens is 299 g/mol. The topological polar surface area (TPSA) is 64.4 Å². The van der Waals surface area contributed by atoms with E-state index >= 15 is 0 Å². The fraction of sp³-hybridized carbons (Fsp3) is 0.412. The summed E-state index contributed by atoms with van der Waals surface area (Å²) in [4.78, 5) is 11.9. The number of hydrogen-bond donors (Lipinski definition) is 1. The zero-order valence-corrected chi connectivity index (χ0v) is 12.7. The van der Waals surface area contributed by atoms with Crippen LogP contribution >= 0.6 is 0 Å². The second-order valence-electron chi connectivity index (χ2n) is 5.70. The van der Waals surface area contributed by atoms with E-state index < -0.39 is 6.17 Å². The summed E-state index contributed by atoms with van der Waals surface area (Å²) < 4.78 is 24.6. The molecule has 23 heavy (non-hydrogen) atoms. The third-order valence-electron chi connectivity index (χ3n) is 3.87. The van der Waals surface area contributed by atoms with Crippen molar-refractivity contribution in [3.8, 4) is 0 Å². The van der Waals surface area contributed by atoms with Crippen molar-refractivity contribution in [3.05, 3.63) is 53.4 Å². The van der Waals surface area contributed by atoms with Crippen LogP contribution in [0, 0.1) is 5.92 Å². The highest BCUT2D eigenvalue weighted by Crippen LogP contribution is 2.26. The Morgan fingerprint density at radius 3 is 2.96 bits per heavy atom. The summed E-state index contributed by atoms with van der Waals surface area (Å²) >= 11 is 0. The molecule has 0 spiro atoms. The van der Waals surface area contributed by atoms with Crippen molar-refractivity contribution in [3.63, 3.8) is 0 Å². The van der Waals surface area contributed by atoms with Gasteiger partial charge in [0.15, 0.2) is 11.9 Å². The third kappa shape index (κ3) is 4.16. The minimum Gasteiger partial charge on any atom is -0.381 e. The van der Waals surface area contributed by atoms with Gasteiger partial charge in [-0.2, -0.15) is 0 Å². The van der Waals surface area contributed by atoms with Gasteiger partial charge in [-0.3, -0.25) is 4.79 Å². The number of carbonyl (C=O) groups is 1. The molecule has 1 aromatic heterocycles. The third-order valence-corrected chi connectivity index (χ3v) is 3.87. The van der Waals surface area contributed by atoms with E-state index in [0.29, 0.717) is 30.3 Å². The summed E-state index contributed by atoms with van der Waals surface area (Å²) in [5.74, 6) is 0.343. The average molecular weight is 318 g/mol. The summed E-state index contributed by atoms with van der Waals surface area (Å²) in [6.45, 7) is 2.04. The van der Waals surface area contributed by atoms with Gasteiger partial charge in [0.25, 0.3) is 0 Å². The van der Waals surface area contributed by atoms with E-state index in [1.54, 1.807) is 24.3 Å². The maximum atomic E-state index is 14.3. The number of benzene rings is 1. The van der Waals surface area contributed by atoms with Crippen molar-refractivity contribution in [2.24, 2.45) is 5.92 Å². The second kappa shape index (κ2) is 7.37. The lowest BCUT2D eigenvalue weighted by atomic mass is 10.1. The molecule has 0 saturated carbocycles. The molecule has 2 unspecified atom stereocenters. The lowest BCUT2D eigenvalue weighted by molar-refractivity contribution is -0.120. The molecule has 2 aromatic rings. The van der Waals surface area contributed by atoms with Gasteiger partial charge in [-0.15, -0.1) is 0 Å². The number of rotatable bonds is 6. The normalized spacial score (nSPS) is 18.7. The molecule has 1 N–H and O–H groups in total. The maximum Gasteiger partial charge on any atom is 0.226 e. The number of ether oxygens (including phenoxy) is 1. The van der Waals surface area contributed by atoms with Gasteiger partial charge in [0, 0.05) is 25.1 Å². The lowest BCUT2D eigenvalue weighted by Gasteiger charge is -2.08. The van der Waals surface area contributed by atoms with E-state index in [2.05, 4.69) is 10.5 Å². The molecule has 1 fully saturated rings. The zero-order valence-electron chi connectivity index (χ0n) is 12.7. The quantitative estimate of drug-likeness (QED) is 0.888. The molecule has 1 aromatic carbocycles. The number of nitrogens with zero attached hydrogens (tertiary/aromatic N) is 1. The van der Waals surface area contributed by atoms with Crippen molar-refractivity contribution in [2.75, 3.05) is 19.8 Å². The first-order valence-electron chi connectivity index (χ1n) is 7.71. The van der Waals surface area contributed by atoms with E-state index in [-0.39, 0.29) is 18.1 Å². The predicted molar refractivity (Wildman–Crippen MR) is 81.5 cm³/mol. The number of aromatic nitrogens is 1. The molecule has 0 aliphatic carbocycles. The molecule has 0 radical (unpaired) electrons. The van der Waals surface area contributed by atoms with Gasteiger partial charge in [0.2, 0.25) is 5.91 Å². The fourth-order valence-electron chi connectivity index (χ4n) is 2.55. The predicted octanol–water partition coefficient (Wildman–Crippen LogP) is 2.43. The van der Waals surface area contributed by atoms with Crippen molar-refractivity contribution in [1.29, 1.82) is 0 Å². The number of nitrogens with one attached hydrogen (secondary N) is 1. The molecule has 1 aliphatic rings. The first kappa shape index (κ1) is 15.7. The molecule has 0 bridgehead atoms. The molecule has 2 heterocycles. The van der Waals surface area contributed by atoms with Crippen LogP contribution in [0.4, 0.5) is 4.39 Å². The Hall–Kier alpha value is -2.21. The zero-order chi connectivity index (χ0) is 16.1. The van der Waals surface area contributed by atoms with E-state index in [9.17, 15) is 9.18 Å². The van der Waals surface area contributed by atoms with Crippen molar-refractivity contribution >= 4 is 5.91 Å². The van der Waals surface area contributed by atoms with Crippen LogP contribution < -0.4 is 5.32 Å². The summed E-state index contributed by atoms with van der Waals surface area (Å²) in [5, 5.41) is 6.63. The van der Waals surface area contributed by atoms with Gasteiger partial charge in [-0.1, -0.05) is 35.5 Å². The van der Waals surface area contributed by atoms with Crippen LogP contribution in [-0.4, -0.2) is 30.8 Å². The van der Waals surface area contributed by atoms with Gasteiger partial charge in [0.1, 0.15) is 0 Å². The van der Waals surface area contributed by atoms with Crippen LogP contribution in [-0.2, 0) is 16.0 Å². The highest BCUT2D eigenvalue weighted by atomic mass is 19.1. The fourth-order valence-corrected chi connectivity index (χ4v) is 2.55. The number of amides is 1. The summed E-state index contributed by atoms with van der Waals surface area (Å²) in [5.41, 5.74) is 0.930. The summed E-state index contributed by atoms with van der Waals surface area (Å²) in [7, 11) is 0. The van der Waals surface area contributed by atoms with Crippen LogP contribution in [0.25, 0.3) is 0 Å². The molecular formula is C17H19FN2O3. The van der Waals surface area contributed by atoms with Crippen LogP contribution in [0.5, 0.6) is 0 Å². The standard InChI is InChI=1S/C17H19FN2O3/c18-17(13-4-2-1-3-5-13)15-8-14(20-23-15)9-16(21)19-10-12-6-7-22-11-12/h1-5,8,12,17H,6-7,9-11H2,(H,19,21). The van der Waals surface area contributed by atoms with Gasteiger partial charge < -0.3 is 14.6 Å². The highest BCUT2D eigenvalue weighted by molar-refractivity contribution is 5.78. The monoisotopic (exact) mass is 318 g/mol. The number of alkyl halides is 1. The molecule has 2 atom stereocenters. The Kier molecular flexibility index (Phi) is 5.02. The Labute approximate surface area is 133 Å². The molecule has 5 nitrogen and oxygen atoms in total. The number of carbonyl (C=O) groups excluding carboxylic acids is 1. The number of halogens is 1. The van der Waals surface area contributed by atoms with Crippen LogP contribution in [0.2, 0.25) is 0 Å². The maximum absolute atomic E-state index is 14.3. The minimum absolute atomic E-state index is 0.0819. The van der Waals surface area contributed by atoms with Crippen LogP contribution in [0.3, 0.4) is 0 Å². The largest absolute Gasteiger partial charge is 0.381 e. The van der Waals surface area contributed by atoms with Crippen molar-refractivity contribution in [2.45, 2.75) is 19.0 Å². The van der Waals surface area contributed by atoms with E-state index in [4.69, 9.17) is 9.26 Å². The summed E-state index contributed by atoms with van der Waals surface area (Å²) in [6.07, 6.45) is -0.329. The van der Waals surface area contributed by atoms with Gasteiger partial charge in [-0.05, 0) is 12.0 Å². The smallest absolute Gasteiger partial charge is 0.226 e. The molecule has 1 aliphatic heterocycles.